The molecule has 1 nitrogen and oxygen atoms in total. The van der Waals surface area contributed by atoms with Gasteiger partial charge in [-0.1, -0.05) is 90.0 Å². The molecule has 0 radical (unpaired) electrons. The third kappa shape index (κ3) is 4.52. The highest BCUT2D eigenvalue weighted by molar-refractivity contribution is 5.79. The Morgan fingerprint density at radius 3 is 1.90 bits per heavy atom. The first-order valence-electron chi connectivity index (χ1n) is 10.4. The van der Waals surface area contributed by atoms with E-state index < -0.39 is 0 Å². The van der Waals surface area contributed by atoms with Crippen LogP contribution in [0.1, 0.15) is 27.8 Å². The number of hydrogen-bond donors (Lipinski definition) is 0. The molecular weight excluding hydrogens is 362 g/mol. The highest BCUT2D eigenvalue weighted by Crippen LogP contribution is 2.36. The Balaban J connectivity index is 1.68. The molecule has 0 N–H and O–H groups in total. The fourth-order valence-corrected chi connectivity index (χ4v) is 3.76. The van der Waals surface area contributed by atoms with E-state index in [2.05, 4.69) is 135 Å². The third-order valence-electron chi connectivity index (χ3n) is 5.27. The minimum Gasteiger partial charge on any atom is -0.310 e. The van der Waals surface area contributed by atoms with E-state index in [0.29, 0.717) is 0 Å². The lowest BCUT2D eigenvalue weighted by Gasteiger charge is -2.27. The van der Waals surface area contributed by atoms with E-state index in [0.717, 1.165) is 11.4 Å². The lowest BCUT2D eigenvalue weighted by atomic mass is 10.1. The summed E-state index contributed by atoms with van der Waals surface area (Å²) in [5.41, 5.74) is 9.75. The molecule has 0 aliphatic heterocycles. The maximum Gasteiger partial charge on any atom is 0.0490 e. The van der Waals surface area contributed by atoms with E-state index in [9.17, 15) is 0 Å². The molecule has 0 bridgehead atoms. The van der Waals surface area contributed by atoms with Crippen molar-refractivity contribution in [3.05, 3.63) is 125 Å². The van der Waals surface area contributed by atoms with E-state index >= 15 is 0 Å². The highest BCUT2D eigenvalue weighted by Gasteiger charge is 2.14. The zero-order valence-electron chi connectivity index (χ0n) is 17.8. The molecule has 0 saturated carbocycles. The van der Waals surface area contributed by atoms with Gasteiger partial charge in [-0.2, -0.15) is 0 Å². The summed E-state index contributed by atoms with van der Waals surface area (Å²) in [5.74, 6) is 0. The minimum atomic E-state index is 1.15. The molecule has 0 aromatic heterocycles. The van der Waals surface area contributed by atoms with E-state index in [1.807, 2.05) is 0 Å². The van der Waals surface area contributed by atoms with Gasteiger partial charge < -0.3 is 4.90 Å². The first-order valence-corrected chi connectivity index (χ1v) is 10.4. The summed E-state index contributed by atoms with van der Waals surface area (Å²) >= 11 is 0. The molecule has 0 heterocycles. The van der Waals surface area contributed by atoms with Gasteiger partial charge in [0.2, 0.25) is 0 Å². The molecule has 0 aliphatic rings. The number of aryl methyl sites for hydroxylation is 3. The molecule has 0 amide bonds. The zero-order chi connectivity index (χ0) is 20.9. The topological polar surface area (TPSA) is 3.24 Å². The lowest BCUT2D eigenvalue weighted by Crippen LogP contribution is -2.11. The monoisotopic (exact) mass is 389 g/mol. The Bertz CT molecular complexity index is 1150. The van der Waals surface area contributed by atoms with Gasteiger partial charge in [-0.05, 0) is 67.8 Å². The first kappa shape index (κ1) is 19.7. The number of nitrogens with zero attached hydrogens (tertiary/aromatic N) is 1. The summed E-state index contributed by atoms with van der Waals surface area (Å²) in [6, 6.07) is 34.5. The Morgan fingerprint density at radius 1 is 0.533 bits per heavy atom. The zero-order valence-corrected chi connectivity index (χ0v) is 17.8. The van der Waals surface area contributed by atoms with Gasteiger partial charge in [0.25, 0.3) is 0 Å². The van der Waals surface area contributed by atoms with Gasteiger partial charge in [-0.3, -0.25) is 0 Å². The van der Waals surface area contributed by atoms with Gasteiger partial charge in [-0.15, -0.1) is 0 Å². The summed E-state index contributed by atoms with van der Waals surface area (Å²) in [6.07, 6.45) is 4.34. The summed E-state index contributed by atoms with van der Waals surface area (Å²) in [4.78, 5) is 2.32. The highest BCUT2D eigenvalue weighted by atomic mass is 15.1. The number of rotatable bonds is 5. The molecule has 30 heavy (non-hydrogen) atoms. The summed E-state index contributed by atoms with van der Waals surface area (Å²) in [5, 5.41) is 0. The predicted molar refractivity (Wildman–Crippen MR) is 131 cm³/mol. The fourth-order valence-electron chi connectivity index (χ4n) is 3.76. The van der Waals surface area contributed by atoms with Gasteiger partial charge in [0, 0.05) is 17.1 Å². The molecule has 0 aliphatic carbocycles. The molecule has 0 spiro atoms. The first-order chi connectivity index (χ1) is 14.6. The fraction of sp³-hybridized carbons (Fsp3) is 0.103. The Labute approximate surface area is 179 Å². The largest absolute Gasteiger partial charge is 0.310 e. The Morgan fingerprint density at radius 2 is 1.20 bits per heavy atom. The van der Waals surface area contributed by atoms with E-state index in [1.165, 1.54) is 33.5 Å². The van der Waals surface area contributed by atoms with Gasteiger partial charge in [0.05, 0.1) is 0 Å². The molecule has 148 valence electrons. The van der Waals surface area contributed by atoms with Crippen LogP contribution in [0.4, 0.5) is 17.1 Å². The maximum absolute atomic E-state index is 2.32. The number of para-hydroxylation sites is 1. The van der Waals surface area contributed by atoms with Crippen molar-refractivity contribution in [1.29, 1.82) is 0 Å². The normalized spacial score (nSPS) is 11.0. The molecule has 1 heteroatoms. The molecule has 4 rings (SSSR count). The summed E-state index contributed by atoms with van der Waals surface area (Å²) in [6.45, 7) is 6.44. The van der Waals surface area contributed by atoms with E-state index in [1.54, 1.807) is 0 Å². The average molecular weight is 390 g/mol. The van der Waals surface area contributed by atoms with Crippen LogP contribution in [-0.2, 0) is 0 Å². The second-order valence-electron chi connectivity index (χ2n) is 7.80. The molecule has 4 aromatic carbocycles. The molecular formula is C29H27N. The lowest BCUT2D eigenvalue weighted by molar-refractivity contribution is 1.24. The van der Waals surface area contributed by atoms with Crippen LogP contribution in [0.2, 0.25) is 0 Å². The molecule has 0 atom stereocenters. The van der Waals surface area contributed by atoms with Crippen LogP contribution in [-0.4, -0.2) is 0 Å². The smallest absolute Gasteiger partial charge is 0.0490 e. The second kappa shape index (κ2) is 8.84. The van der Waals surface area contributed by atoms with Crippen LogP contribution < -0.4 is 4.90 Å². The van der Waals surface area contributed by atoms with Gasteiger partial charge in [-0.25, -0.2) is 0 Å². The third-order valence-corrected chi connectivity index (χ3v) is 5.27. The van der Waals surface area contributed by atoms with Crippen molar-refractivity contribution in [3.8, 4) is 0 Å². The quantitative estimate of drug-likeness (QED) is 0.311. The summed E-state index contributed by atoms with van der Waals surface area (Å²) < 4.78 is 0. The average Bonchev–Trinajstić information content (AvgIpc) is 2.76. The van der Waals surface area contributed by atoms with Gasteiger partial charge >= 0.3 is 0 Å². The predicted octanol–water partition coefficient (Wildman–Crippen LogP) is 8.25. The van der Waals surface area contributed by atoms with Crippen molar-refractivity contribution in [2.45, 2.75) is 20.8 Å². The molecule has 4 aromatic rings. The number of anilines is 3. The standard InChI is InChI=1S/C29H27N/c1-22-8-7-9-26(21-22)14-13-25-15-17-28(18-16-25)30(27-10-5-4-6-11-27)29-19-12-23(2)20-24(29)3/h4-21H,1-3H3. The Hall–Kier alpha value is -3.58. The van der Waals surface area contributed by atoms with Gasteiger partial charge in [0.15, 0.2) is 0 Å². The van der Waals surface area contributed by atoms with Crippen molar-refractivity contribution in [1.82, 2.24) is 0 Å². The van der Waals surface area contributed by atoms with Crippen LogP contribution in [0.15, 0.2) is 97.1 Å². The Kier molecular flexibility index (Phi) is 5.81. The van der Waals surface area contributed by atoms with Crippen LogP contribution in [0.5, 0.6) is 0 Å². The minimum absolute atomic E-state index is 1.15. The van der Waals surface area contributed by atoms with Crippen molar-refractivity contribution in [3.63, 3.8) is 0 Å². The van der Waals surface area contributed by atoms with Crippen molar-refractivity contribution >= 4 is 29.2 Å². The maximum atomic E-state index is 2.32. The van der Waals surface area contributed by atoms with E-state index in [-0.39, 0.29) is 0 Å². The van der Waals surface area contributed by atoms with E-state index in [4.69, 9.17) is 0 Å². The number of benzene rings is 4. The molecule has 0 unspecified atom stereocenters. The van der Waals surface area contributed by atoms with Crippen molar-refractivity contribution < 1.29 is 0 Å². The van der Waals surface area contributed by atoms with Gasteiger partial charge in [0.1, 0.15) is 0 Å². The van der Waals surface area contributed by atoms with Crippen molar-refractivity contribution in [2.75, 3.05) is 4.90 Å². The van der Waals surface area contributed by atoms with Crippen molar-refractivity contribution in [2.24, 2.45) is 0 Å². The van der Waals surface area contributed by atoms with Crippen LogP contribution >= 0.6 is 0 Å². The van der Waals surface area contributed by atoms with Crippen LogP contribution in [0, 0.1) is 20.8 Å². The SMILES string of the molecule is Cc1cccc(C=Cc2ccc(N(c3ccccc3)c3ccc(C)cc3C)cc2)c1. The molecule has 0 saturated heterocycles. The second-order valence-corrected chi connectivity index (χ2v) is 7.80. The summed E-state index contributed by atoms with van der Waals surface area (Å²) in [7, 11) is 0. The van der Waals surface area contributed by atoms with Crippen LogP contribution in [0.3, 0.4) is 0 Å². The van der Waals surface area contributed by atoms with Crippen LogP contribution in [0.25, 0.3) is 12.2 Å². The number of hydrogen-bond acceptors (Lipinski definition) is 1. The molecule has 0 fully saturated rings.